The molecule has 0 unspecified atom stereocenters. The first-order valence-electron chi connectivity index (χ1n) is 20.7. The van der Waals surface area contributed by atoms with E-state index in [0.717, 1.165) is 105 Å². The van der Waals surface area contributed by atoms with Crippen molar-refractivity contribution in [3.8, 4) is 67.7 Å². The minimum atomic E-state index is 0.617. The Balaban J connectivity index is 1.11. The number of rotatable bonds is 6. The van der Waals surface area contributed by atoms with Gasteiger partial charge in [0.25, 0.3) is 0 Å². The molecule has 5 nitrogen and oxygen atoms in total. The Morgan fingerprint density at radius 2 is 0.820 bits per heavy atom. The van der Waals surface area contributed by atoms with Crippen molar-refractivity contribution in [3.63, 3.8) is 0 Å². The second-order valence-electron chi connectivity index (χ2n) is 16.2. The molecule has 0 spiro atoms. The van der Waals surface area contributed by atoms with E-state index in [0.29, 0.717) is 17.5 Å². The number of aryl methyl sites for hydroxylation is 4. The Morgan fingerprint density at radius 1 is 0.328 bits per heavy atom. The molecule has 5 heteroatoms. The van der Waals surface area contributed by atoms with Gasteiger partial charge < -0.3 is 4.42 Å². The maximum atomic E-state index is 6.67. The Morgan fingerprint density at radius 3 is 1.46 bits per heavy atom. The molecule has 0 bridgehead atoms. The molecular weight excluding hydrogens is 745 g/mol. The quantitative estimate of drug-likeness (QED) is 0.157. The lowest BCUT2D eigenvalue weighted by molar-refractivity contribution is 0.669. The van der Waals surface area contributed by atoms with E-state index in [-0.39, 0.29) is 0 Å². The van der Waals surface area contributed by atoms with E-state index in [9.17, 15) is 0 Å². The first-order valence-corrected chi connectivity index (χ1v) is 20.7. The zero-order valence-corrected chi connectivity index (χ0v) is 34.4. The van der Waals surface area contributed by atoms with Crippen molar-refractivity contribution in [2.75, 3.05) is 0 Å². The van der Waals surface area contributed by atoms with Gasteiger partial charge in [0.1, 0.15) is 11.2 Å². The van der Waals surface area contributed by atoms with Crippen LogP contribution in [0.25, 0.3) is 111 Å². The fourth-order valence-corrected chi connectivity index (χ4v) is 9.03. The van der Waals surface area contributed by atoms with Crippen LogP contribution in [0.4, 0.5) is 0 Å². The molecular formula is C56H40N4O. The number of nitrogens with zero attached hydrogens (tertiary/aromatic N) is 4. The number of para-hydroxylation sites is 2. The number of hydrogen-bond acceptors (Lipinski definition) is 5. The molecule has 3 heterocycles. The molecule has 11 aromatic rings. The van der Waals surface area contributed by atoms with Crippen LogP contribution in [0.3, 0.4) is 0 Å². The third kappa shape index (κ3) is 6.52. The molecule has 0 fully saturated rings. The van der Waals surface area contributed by atoms with Gasteiger partial charge in [-0.15, -0.1) is 0 Å². The fourth-order valence-electron chi connectivity index (χ4n) is 9.03. The molecule has 0 amide bonds. The second kappa shape index (κ2) is 14.5. The van der Waals surface area contributed by atoms with Crippen LogP contribution in [-0.2, 0) is 0 Å². The third-order valence-corrected chi connectivity index (χ3v) is 11.6. The normalized spacial score (nSPS) is 11.6. The lowest BCUT2D eigenvalue weighted by atomic mass is 9.89. The van der Waals surface area contributed by atoms with Crippen LogP contribution in [0.5, 0.6) is 0 Å². The highest BCUT2D eigenvalue weighted by Crippen LogP contribution is 2.46. The average Bonchev–Trinajstić information content (AvgIpc) is 3.66. The molecule has 3 aromatic heterocycles. The van der Waals surface area contributed by atoms with Crippen molar-refractivity contribution in [2.24, 2.45) is 0 Å². The van der Waals surface area contributed by atoms with Crippen molar-refractivity contribution in [1.29, 1.82) is 0 Å². The van der Waals surface area contributed by atoms with Gasteiger partial charge in [-0.2, -0.15) is 0 Å². The molecule has 0 N–H and O–H groups in total. The van der Waals surface area contributed by atoms with Gasteiger partial charge in [0.15, 0.2) is 17.5 Å². The van der Waals surface area contributed by atoms with E-state index in [1.807, 2.05) is 6.07 Å². The van der Waals surface area contributed by atoms with E-state index < -0.39 is 0 Å². The summed E-state index contributed by atoms with van der Waals surface area (Å²) >= 11 is 0. The monoisotopic (exact) mass is 784 g/mol. The predicted molar refractivity (Wildman–Crippen MR) is 251 cm³/mol. The lowest BCUT2D eigenvalue weighted by Gasteiger charge is -2.16. The second-order valence-corrected chi connectivity index (χ2v) is 16.2. The van der Waals surface area contributed by atoms with Crippen LogP contribution in [0.1, 0.15) is 22.3 Å². The minimum Gasteiger partial charge on any atom is -0.456 e. The molecule has 0 aliphatic rings. The fraction of sp³-hybridized carbons (Fsp3) is 0.0714. The molecule has 11 rings (SSSR count). The highest BCUT2D eigenvalue weighted by Gasteiger charge is 2.22. The standard InChI is InChI=1S/C56H40N4O/c1-33-26-34(2)29-42(28-33)55-58-54(59-56(60-55)43-30-35(3)27-36(4)31-43)41-24-22-40(23-25-41)53-46-32-49-52(45-15-9-11-17-48(45)61-49)50(51(46)44-14-8-10-16-47(44)57-53)39-20-18-38(19-21-39)37-12-6-5-7-13-37/h5-32H,1-4H3. The zero-order chi connectivity index (χ0) is 41.2. The summed E-state index contributed by atoms with van der Waals surface area (Å²) in [5.74, 6) is 1.92. The Labute approximate surface area is 354 Å². The van der Waals surface area contributed by atoms with E-state index in [1.165, 1.54) is 11.1 Å². The maximum Gasteiger partial charge on any atom is 0.164 e. The number of aromatic nitrogens is 4. The number of pyridine rings is 1. The van der Waals surface area contributed by atoms with Crippen molar-refractivity contribution < 1.29 is 4.42 Å². The molecule has 0 saturated carbocycles. The summed E-state index contributed by atoms with van der Waals surface area (Å²) < 4.78 is 6.67. The van der Waals surface area contributed by atoms with Crippen LogP contribution in [-0.4, -0.2) is 19.9 Å². The minimum absolute atomic E-state index is 0.617. The van der Waals surface area contributed by atoms with Gasteiger partial charge in [-0.1, -0.05) is 150 Å². The van der Waals surface area contributed by atoms with Gasteiger partial charge >= 0.3 is 0 Å². The van der Waals surface area contributed by atoms with Gasteiger partial charge in [-0.25, -0.2) is 19.9 Å². The summed E-state index contributed by atoms with van der Waals surface area (Å²) in [5.41, 5.74) is 16.6. The van der Waals surface area contributed by atoms with Crippen molar-refractivity contribution in [3.05, 3.63) is 192 Å². The van der Waals surface area contributed by atoms with Crippen molar-refractivity contribution in [1.82, 2.24) is 19.9 Å². The summed E-state index contributed by atoms with van der Waals surface area (Å²) in [4.78, 5) is 20.6. The molecule has 0 radical (unpaired) electrons. The van der Waals surface area contributed by atoms with Gasteiger partial charge in [0.05, 0.1) is 11.2 Å². The average molecular weight is 785 g/mol. The maximum absolute atomic E-state index is 6.67. The largest absolute Gasteiger partial charge is 0.456 e. The highest BCUT2D eigenvalue weighted by molar-refractivity contribution is 6.27. The first kappa shape index (κ1) is 36.3. The van der Waals surface area contributed by atoms with Crippen LogP contribution in [0.15, 0.2) is 174 Å². The summed E-state index contributed by atoms with van der Waals surface area (Å²) in [6, 6.07) is 59.8. The molecule has 290 valence electrons. The SMILES string of the molecule is Cc1cc(C)cc(-c2nc(-c3ccc(-c4nc5ccccc5c5c(-c6ccc(-c7ccccc7)cc6)c6c(cc45)oc4ccccc46)cc3)nc(-c3cc(C)cc(C)c3)n2)c1. The van der Waals surface area contributed by atoms with Crippen molar-refractivity contribution >= 4 is 43.6 Å². The summed E-state index contributed by atoms with van der Waals surface area (Å²) in [6.07, 6.45) is 0. The van der Waals surface area contributed by atoms with Gasteiger partial charge in [0, 0.05) is 54.7 Å². The highest BCUT2D eigenvalue weighted by atomic mass is 16.3. The molecule has 0 saturated heterocycles. The third-order valence-electron chi connectivity index (χ3n) is 11.6. The Hall–Kier alpha value is -7.76. The molecule has 8 aromatic carbocycles. The lowest BCUT2D eigenvalue weighted by Crippen LogP contribution is -2.01. The Bertz CT molecular complexity index is 3390. The zero-order valence-electron chi connectivity index (χ0n) is 34.4. The predicted octanol–water partition coefficient (Wildman–Crippen LogP) is 14.7. The van der Waals surface area contributed by atoms with Gasteiger partial charge in [-0.05, 0) is 86.8 Å². The first-order chi connectivity index (χ1) is 29.8. The molecule has 0 aliphatic heterocycles. The van der Waals surface area contributed by atoms with E-state index >= 15 is 0 Å². The topological polar surface area (TPSA) is 64.7 Å². The van der Waals surface area contributed by atoms with Crippen LogP contribution >= 0.6 is 0 Å². The smallest absolute Gasteiger partial charge is 0.164 e. The number of benzene rings is 8. The summed E-state index contributed by atoms with van der Waals surface area (Å²) in [7, 11) is 0. The van der Waals surface area contributed by atoms with Crippen LogP contribution < -0.4 is 0 Å². The summed E-state index contributed by atoms with van der Waals surface area (Å²) in [6.45, 7) is 8.43. The van der Waals surface area contributed by atoms with E-state index in [1.54, 1.807) is 0 Å². The summed E-state index contributed by atoms with van der Waals surface area (Å²) in [5, 5.41) is 5.45. The van der Waals surface area contributed by atoms with Gasteiger partial charge in [0.2, 0.25) is 0 Å². The Kier molecular flexibility index (Phi) is 8.64. The van der Waals surface area contributed by atoms with E-state index in [2.05, 4.69) is 191 Å². The van der Waals surface area contributed by atoms with E-state index in [4.69, 9.17) is 24.4 Å². The molecule has 61 heavy (non-hydrogen) atoms. The van der Waals surface area contributed by atoms with Crippen LogP contribution in [0, 0.1) is 27.7 Å². The van der Waals surface area contributed by atoms with Crippen LogP contribution in [0.2, 0.25) is 0 Å². The van der Waals surface area contributed by atoms with Gasteiger partial charge in [-0.3, -0.25) is 0 Å². The number of furan rings is 1. The molecule has 0 aliphatic carbocycles. The molecule has 0 atom stereocenters. The van der Waals surface area contributed by atoms with Crippen molar-refractivity contribution in [2.45, 2.75) is 27.7 Å². The number of hydrogen-bond donors (Lipinski definition) is 0. The number of fused-ring (bicyclic) bond motifs is 6.